The van der Waals surface area contributed by atoms with E-state index in [1.54, 1.807) is 12.1 Å². The Labute approximate surface area is 124 Å². The van der Waals surface area contributed by atoms with E-state index in [1.807, 2.05) is 6.92 Å². The van der Waals surface area contributed by atoms with Gasteiger partial charge in [0.25, 0.3) is 0 Å². The highest BCUT2D eigenvalue weighted by molar-refractivity contribution is 5.97. The Hall–Kier alpha value is -1.63. The number of hydrogen-bond acceptors (Lipinski definition) is 6. The summed E-state index contributed by atoms with van der Waals surface area (Å²) in [5.74, 6) is -0.0484. The van der Waals surface area contributed by atoms with Gasteiger partial charge < -0.3 is 16.8 Å². The van der Waals surface area contributed by atoms with E-state index in [2.05, 4.69) is 10.5 Å². The number of nitrogens with two attached hydrogens (primary N) is 2. The number of carbonyl (C=O) groups is 1. The molecule has 114 valence electrons. The van der Waals surface area contributed by atoms with Gasteiger partial charge in [-0.25, -0.2) is 0 Å². The molecule has 1 saturated carbocycles. The molecule has 2 rings (SSSR count). The van der Waals surface area contributed by atoms with E-state index in [4.69, 9.17) is 11.5 Å². The van der Waals surface area contributed by atoms with Crippen LogP contribution in [-0.2, 0) is 0 Å². The summed E-state index contributed by atoms with van der Waals surface area (Å²) >= 11 is 0. The van der Waals surface area contributed by atoms with Gasteiger partial charge in [0.2, 0.25) is 0 Å². The molecule has 1 aliphatic carbocycles. The minimum atomic E-state index is -0.474. The van der Waals surface area contributed by atoms with E-state index >= 15 is 0 Å². The quantitative estimate of drug-likeness (QED) is 0.542. The fourth-order valence-electron chi connectivity index (χ4n) is 2.81. The lowest BCUT2D eigenvalue weighted by Crippen LogP contribution is -2.65. The number of carbonyl (C=O) groups excluding carboxylic acids is 1. The zero-order valence-corrected chi connectivity index (χ0v) is 12.3. The van der Waals surface area contributed by atoms with Crippen LogP contribution in [0.2, 0.25) is 0 Å². The molecule has 1 aromatic carbocycles. The van der Waals surface area contributed by atoms with Crippen molar-refractivity contribution in [1.82, 2.24) is 5.32 Å². The van der Waals surface area contributed by atoms with Gasteiger partial charge >= 0.3 is 0 Å². The van der Waals surface area contributed by atoms with Gasteiger partial charge in [-0.15, -0.1) is 4.91 Å². The first-order valence-corrected chi connectivity index (χ1v) is 7.13. The van der Waals surface area contributed by atoms with Crippen molar-refractivity contribution in [1.29, 1.82) is 0 Å². The van der Waals surface area contributed by atoms with E-state index in [0.29, 0.717) is 17.8 Å². The van der Waals surface area contributed by atoms with Gasteiger partial charge in [-0.1, -0.05) is 0 Å². The van der Waals surface area contributed by atoms with Crippen molar-refractivity contribution in [2.24, 2.45) is 16.6 Å². The van der Waals surface area contributed by atoms with Gasteiger partial charge in [-0.2, -0.15) is 0 Å². The minimum Gasteiger partial charge on any atom is -0.324 e. The molecule has 0 bridgehead atoms. The third-order valence-corrected chi connectivity index (χ3v) is 4.48. The molecule has 21 heavy (non-hydrogen) atoms. The fourth-order valence-corrected chi connectivity index (χ4v) is 2.81. The van der Waals surface area contributed by atoms with Crippen molar-refractivity contribution in [3.05, 3.63) is 34.7 Å². The molecule has 5 N–H and O–H groups in total. The molecule has 6 nitrogen and oxygen atoms in total. The van der Waals surface area contributed by atoms with Crippen LogP contribution in [0.25, 0.3) is 0 Å². The molecule has 0 heterocycles. The summed E-state index contributed by atoms with van der Waals surface area (Å²) in [7, 11) is 0. The molecule has 1 aromatic rings. The van der Waals surface area contributed by atoms with Gasteiger partial charge in [0.1, 0.15) is 5.69 Å². The Morgan fingerprint density at radius 2 is 1.95 bits per heavy atom. The zero-order valence-electron chi connectivity index (χ0n) is 12.3. The lowest BCUT2D eigenvalue weighted by Gasteiger charge is -2.38. The molecule has 0 aromatic heterocycles. The third-order valence-electron chi connectivity index (χ3n) is 4.48. The van der Waals surface area contributed by atoms with Gasteiger partial charge in [-0.3, -0.25) is 4.79 Å². The summed E-state index contributed by atoms with van der Waals surface area (Å²) in [6.07, 6.45) is 2.78. The molecule has 0 radical (unpaired) electrons. The van der Waals surface area contributed by atoms with Crippen LogP contribution >= 0.6 is 0 Å². The van der Waals surface area contributed by atoms with Crippen molar-refractivity contribution >= 4 is 11.5 Å². The zero-order chi connectivity index (χ0) is 15.5. The highest BCUT2D eigenvalue weighted by atomic mass is 16.3. The Kier molecular flexibility index (Phi) is 4.51. The van der Waals surface area contributed by atoms with Crippen molar-refractivity contribution in [3.8, 4) is 0 Å². The third kappa shape index (κ3) is 3.34. The number of hydrogen-bond donors (Lipinski definition) is 3. The summed E-state index contributed by atoms with van der Waals surface area (Å²) in [6, 6.07) is 6.25. The standard InChI is InChI=1S/C15H22N4O2/c1-14(16)7-2-8-15(14,17)10-18-9-13(20)11-3-5-12(19-21)6-4-11/h3-6,18H,2,7-10,16-17H2,1H3/t14-,15-/m1/s1. The molecule has 1 fully saturated rings. The van der Waals surface area contributed by atoms with Crippen molar-refractivity contribution in [3.63, 3.8) is 0 Å². The van der Waals surface area contributed by atoms with Gasteiger partial charge in [0, 0.05) is 23.2 Å². The van der Waals surface area contributed by atoms with E-state index in [9.17, 15) is 9.70 Å². The highest BCUT2D eigenvalue weighted by Gasteiger charge is 2.46. The highest BCUT2D eigenvalue weighted by Crippen LogP contribution is 2.34. The predicted octanol–water partition coefficient (Wildman–Crippen LogP) is 1.46. The Morgan fingerprint density at radius 3 is 2.48 bits per heavy atom. The summed E-state index contributed by atoms with van der Waals surface area (Å²) in [5, 5.41) is 5.91. The second kappa shape index (κ2) is 6.01. The average Bonchev–Trinajstić information content (AvgIpc) is 2.73. The first-order chi connectivity index (χ1) is 9.88. The van der Waals surface area contributed by atoms with Crippen LogP contribution in [0.5, 0.6) is 0 Å². The van der Waals surface area contributed by atoms with Crippen LogP contribution in [-0.4, -0.2) is 30.0 Å². The normalized spacial score (nSPS) is 28.5. The van der Waals surface area contributed by atoms with Crippen LogP contribution in [0.15, 0.2) is 29.4 Å². The molecule has 0 aliphatic heterocycles. The van der Waals surface area contributed by atoms with Gasteiger partial charge in [0.15, 0.2) is 5.78 Å². The molecule has 1 aliphatic rings. The predicted molar refractivity (Wildman–Crippen MR) is 82.5 cm³/mol. The molecule has 2 atom stereocenters. The number of ketones is 1. The first-order valence-electron chi connectivity index (χ1n) is 7.13. The smallest absolute Gasteiger partial charge is 0.176 e. The molecule has 0 amide bonds. The molecular weight excluding hydrogens is 268 g/mol. The second-order valence-corrected chi connectivity index (χ2v) is 6.09. The van der Waals surface area contributed by atoms with Crippen molar-refractivity contribution in [2.45, 2.75) is 37.3 Å². The molecule has 0 unspecified atom stereocenters. The number of rotatable bonds is 6. The summed E-state index contributed by atoms with van der Waals surface area (Å²) in [4.78, 5) is 22.4. The molecule has 0 spiro atoms. The summed E-state index contributed by atoms with van der Waals surface area (Å²) in [6.45, 7) is 2.68. The summed E-state index contributed by atoms with van der Waals surface area (Å²) < 4.78 is 0. The van der Waals surface area contributed by atoms with Gasteiger partial charge in [-0.05, 0) is 55.6 Å². The molecular formula is C15H22N4O2. The lowest BCUT2D eigenvalue weighted by molar-refractivity contribution is 0.0987. The number of nitroso groups, excluding NO2 is 1. The number of Topliss-reactive ketones (excluding diaryl/α,β-unsaturated/α-hetero) is 1. The summed E-state index contributed by atoms with van der Waals surface area (Å²) in [5.41, 5.74) is 12.6. The number of benzene rings is 1. The van der Waals surface area contributed by atoms with Crippen LogP contribution in [0.4, 0.5) is 5.69 Å². The monoisotopic (exact) mass is 290 g/mol. The fraction of sp³-hybridized carbons (Fsp3) is 0.533. The molecule has 0 saturated heterocycles. The molecule has 6 heteroatoms. The lowest BCUT2D eigenvalue weighted by atomic mass is 9.82. The van der Waals surface area contributed by atoms with Crippen LogP contribution in [0.1, 0.15) is 36.5 Å². The van der Waals surface area contributed by atoms with Crippen LogP contribution in [0, 0.1) is 4.91 Å². The first kappa shape index (κ1) is 15.8. The maximum absolute atomic E-state index is 12.0. The Bertz CT molecular complexity index is 527. The SMILES string of the molecule is C[C@@]1(N)CCC[C@@]1(N)CNCC(=O)c1ccc(N=O)cc1. The topological polar surface area (TPSA) is 111 Å². The minimum absolute atomic E-state index is 0.0484. The van der Waals surface area contributed by atoms with Gasteiger partial charge in [0.05, 0.1) is 6.54 Å². The maximum atomic E-state index is 12.0. The average molecular weight is 290 g/mol. The Balaban J connectivity index is 1.88. The number of nitrogens with one attached hydrogen (secondary N) is 1. The van der Waals surface area contributed by atoms with Crippen LogP contribution in [0.3, 0.4) is 0 Å². The number of nitrogens with zero attached hydrogens (tertiary/aromatic N) is 1. The van der Waals surface area contributed by atoms with Crippen molar-refractivity contribution in [2.75, 3.05) is 13.1 Å². The maximum Gasteiger partial charge on any atom is 0.176 e. The van der Waals surface area contributed by atoms with E-state index in [-0.39, 0.29) is 12.3 Å². The van der Waals surface area contributed by atoms with E-state index in [1.165, 1.54) is 12.1 Å². The van der Waals surface area contributed by atoms with Crippen LogP contribution < -0.4 is 16.8 Å². The largest absolute Gasteiger partial charge is 0.324 e. The van der Waals surface area contributed by atoms with Crippen molar-refractivity contribution < 1.29 is 4.79 Å². The Morgan fingerprint density at radius 1 is 1.29 bits per heavy atom. The second-order valence-electron chi connectivity index (χ2n) is 6.09. The van der Waals surface area contributed by atoms with E-state index in [0.717, 1.165) is 19.3 Å². The van der Waals surface area contributed by atoms with E-state index < -0.39 is 11.1 Å².